The minimum absolute atomic E-state index is 0.208. The van der Waals surface area contributed by atoms with Crippen LogP contribution in [0.2, 0.25) is 0 Å². The molecule has 82 valence electrons. The summed E-state index contributed by atoms with van der Waals surface area (Å²) in [5, 5.41) is 8.48. The highest BCUT2D eigenvalue weighted by Gasteiger charge is 2.24. The number of carboxylic acid groups (broad SMARTS) is 1. The van der Waals surface area contributed by atoms with Gasteiger partial charge in [0.05, 0.1) is 5.60 Å². The van der Waals surface area contributed by atoms with E-state index in [1.165, 1.54) is 0 Å². The van der Waals surface area contributed by atoms with Gasteiger partial charge in [0.2, 0.25) is 0 Å². The van der Waals surface area contributed by atoms with E-state index in [9.17, 15) is 4.79 Å². The van der Waals surface area contributed by atoms with E-state index in [0.29, 0.717) is 0 Å². The van der Waals surface area contributed by atoms with Gasteiger partial charge in [-0.05, 0) is 24.5 Å². The summed E-state index contributed by atoms with van der Waals surface area (Å²) >= 11 is 0. The van der Waals surface area contributed by atoms with Crippen LogP contribution in [0.1, 0.15) is 19.8 Å². The Morgan fingerprint density at radius 2 is 2.47 bits per heavy atom. The van der Waals surface area contributed by atoms with Crippen LogP contribution in [0.5, 0.6) is 0 Å². The zero-order chi connectivity index (χ0) is 11.3. The number of hydrogen-bond acceptors (Lipinski definition) is 2. The first kappa shape index (κ1) is 11.7. The average molecular weight is 208 g/mol. The molecule has 0 radical (unpaired) electrons. The molecule has 0 bridgehead atoms. The first-order valence-electron chi connectivity index (χ1n) is 4.97. The van der Waals surface area contributed by atoms with Crippen LogP contribution in [0.4, 0.5) is 0 Å². The molecule has 0 amide bonds. The maximum Gasteiger partial charge on any atom is 0.328 e. The summed E-state index contributed by atoms with van der Waals surface area (Å²) in [6.45, 7) is 2.07. The van der Waals surface area contributed by atoms with Gasteiger partial charge >= 0.3 is 5.97 Å². The molecule has 0 saturated carbocycles. The predicted octanol–water partition coefficient (Wildman–Crippen LogP) is 2.31. The Bertz CT molecular complexity index is 320. The zero-order valence-corrected chi connectivity index (χ0v) is 9.06. The van der Waals surface area contributed by atoms with E-state index in [0.717, 1.165) is 24.5 Å². The van der Waals surface area contributed by atoms with Gasteiger partial charge in [0.1, 0.15) is 0 Å². The summed E-state index contributed by atoms with van der Waals surface area (Å²) in [4.78, 5) is 10.3. The average Bonchev–Trinajstić information content (AvgIpc) is 2.27. The van der Waals surface area contributed by atoms with Crippen molar-refractivity contribution >= 4 is 5.97 Å². The Morgan fingerprint density at radius 1 is 1.73 bits per heavy atom. The molecule has 3 heteroatoms. The first-order chi connectivity index (χ1) is 7.12. The monoisotopic (exact) mass is 208 g/mol. The Labute approximate surface area is 89.7 Å². The topological polar surface area (TPSA) is 46.5 Å². The molecule has 1 unspecified atom stereocenters. The second-order valence-corrected chi connectivity index (χ2v) is 3.54. The molecule has 1 N–H and O–H groups in total. The number of methoxy groups -OCH3 is 1. The van der Waals surface area contributed by atoms with Crippen molar-refractivity contribution in [2.24, 2.45) is 0 Å². The smallest absolute Gasteiger partial charge is 0.328 e. The highest BCUT2D eigenvalue weighted by molar-refractivity contribution is 5.80. The Kier molecular flexibility index (Phi) is 3.86. The number of carboxylic acids is 1. The Balaban J connectivity index is 2.68. The van der Waals surface area contributed by atoms with Gasteiger partial charge in [-0.1, -0.05) is 25.2 Å². The van der Waals surface area contributed by atoms with Crippen LogP contribution in [-0.4, -0.2) is 23.8 Å². The molecule has 1 aliphatic rings. The van der Waals surface area contributed by atoms with Crippen molar-refractivity contribution in [3.8, 4) is 0 Å². The maximum absolute atomic E-state index is 10.3. The van der Waals surface area contributed by atoms with Gasteiger partial charge in [-0.25, -0.2) is 4.79 Å². The second kappa shape index (κ2) is 4.94. The molecule has 0 aromatic heterocycles. The fraction of sp³-hybridized carbons (Fsp3) is 0.417. The van der Waals surface area contributed by atoms with Crippen LogP contribution in [-0.2, 0) is 9.53 Å². The standard InChI is InChI=1S/C12H16O3/c1-3-12(15-2)8-6-10(7-9-12)4-5-11(13)14/h4-8H,3,9H2,1-2H3,(H,13,14). The molecule has 0 aromatic rings. The van der Waals surface area contributed by atoms with Gasteiger partial charge in [-0.2, -0.15) is 0 Å². The van der Waals surface area contributed by atoms with Crippen molar-refractivity contribution in [2.75, 3.05) is 7.11 Å². The third-order valence-corrected chi connectivity index (χ3v) is 2.69. The van der Waals surface area contributed by atoms with Crippen molar-refractivity contribution in [1.29, 1.82) is 0 Å². The molecule has 1 rings (SSSR count). The summed E-state index contributed by atoms with van der Waals surface area (Å²) in [6, 6.07) is 0. The van der Waals surface area contributed by atoms with Crippen molar-refractivity contribution < 1.29 is 14.6 Å². The summed E-state index contributed by atoms with van der Waals surface area (Å²) in [5.41, 5.74) is 0.708. The molecule has 15 heavy (non-hydrogen) atoms. The van der Waals surface area contributed by atoms with Crippen molar-refractivity contribution in [3.63, 3.8) is 0 Å². The van der Waals surface area contributed by atoms with E-state index >= 15 is 0 Å². The number of ether oxygens (including phenoxy) is 1. The van der Waals surface area contributed by atoms with E-state index in [2.05, 4.69) is 6.92 Å². The molecular weight excluding hydrogens is 192 g/mol. The minimum Gasteiger partial charge on any atom is -0.478 e. The fourth-order valence-corrected chi connectivity index (χ4v) is 1.52. The van der Waals surface area contributed by atoms with Crippen molar-refractivity contribution in [1.82, 2.24) is 0 Å². The highest BCUT2D eigenvalue weighted by Crippen LogP contribution is 2.27. The minimum atomic E-state index is -0.927. The number of rotatable bonds is 4. The van der Waals surface area contributed by atoms with Crippen LogP contribution in [0.3, 0.4) is 0 Å². The van der Waals surface area contributed by atoms with Gasteiger partial charge in [0.15, 0.2) is 0 Å². The fourth-order valence-electron chi connectivity index (χ4n) is 1.52. The van der Waals surface area contributed by atoms with E-state index in [1.807, 2.05) is 18.2 Å². The van der Waals surface area contributed by atoms with Gasteiger partial charge in [0, 0.05) is 13.2 Å². The SMILES string of the molecule is CCC1(OC)C=CC(C=CC(=O)O)=CC1. The number of aliphatic carboxylic acids is 1. The van der Waals surface area contributed by atoms with E-state index in [4.69, 9.17) is 9.84 Å². The predicted molar refractivity (Wildman–Crippen MR) is 58.6 cm³/mol. The molecule has 0 fully saturated rings. The zero-order valence-electron chi connectivity index (χ0n) is 9.06. The van der Waals surface area contributed by atoms with Crippen LogP contribution < -0.4 is 0 Å². The van der Waals surface area contributed by atoms with Gasteiger partial charge in [0.25, 0.3) is 0 Å². The molecule has 0 heterocycles. The van der Waals surface area contributed by atoms with E-state index in [1.54, 1.807) is 13.2 Å². The lowest BCUT2D eigenvalue weighted by Crippen LogP contribution is -2.28. The lowest BCUT2D eigenvalue weighted by molar-refractivity contribution is -0.131. The molecule has 1 atom stereocenters. The number of hydrogen-bond donors (Lipinski definition) is 1. The van der Waals surface area contributed by atoms with E-state index in [-0.39, 0.29) is 5.60 Å². The van der Waals surface area contributed by atoms with Gasteiger partial charge < -0.3 is 9.84 Å². The van der Waals surface area contributed by atoms with Crippen LogP contribution in [0, 0.1) is 0 Å². The molecule has 3 nitrogen and oxygen atoms in total. The molecule has 0 saturated heterocycles. The van der Waals surface area contributed by atoms with E-state index < -0.39 is 5.97 Å². The van der Waals surface area contributed by atoms with Crippen LogP contribution >= 0.6 is 0 Å². The van der Waals surface area contributed by atoms with Crippen LogP contribution in [0.25, 0.3) is 0 Å². The largest absolute Gasteiger partial charge is 0.478 e. The highest BCUT2D eigenvalue weighted by atomic mass is 16.5. The Morgan fingerprint density at radius 3 is 2.87 bits per heavy atom. The van der Waals surface area contributed by atoms with Crippen molar-refractivity contribution in [3.05, 3.63) is 36.0 Å². The molecule has 0 spiro atoms. The molecule has 1 aliphatic carbocycles. The molecule has 0 aliphatic heterocycles. The third-order valence-electron chi connectivity index (χ3n) is 2.69. The maximum atomic E-state index is 10.3. The summed E-state index contributed by atoms with van der Waals surface area (Å²) in [7, 11) is 1.69. The summed E-state index contributed by atoms with van der Waals surface area (Å²) < 4.78 is 5.43. The first-order valence-corrected chi connectivity index (χ1v) is 4.97. The number of carbonyl (C=O) groups is 1. The molecular formula is C12H16O3. The quantitative estimate of drug-likeness (QED) is 0.721. The van der Waals surface area contributed by atoms with Crippen molar-refractivity contribution in [2.45, 2.75) is 25.4 Å². The number of allylic oxidation sites excluding steroid dienone is 3. The Hall–Kier alpha value is -1.35. The van der Waals surface area contributed by atoms with Gasteiger partial charge in [-0.3, -0.25) is 0 Å². The van der Waals surface area contributed by atoms with Gasteiger partial charge in [-0.15, -0.1) is 0 Å². The lowest BCUT2D eigenvalue weighted by Gasteiger charge is -2.29. The third kappa shape index (κ3) is 3.06. The summed E-state index contributed by atoms with van der Waals surface area (Å²) in [6.07, 6.45) is 10.3. The second-order valence-electron chi connectivity index (χ2n) is 3.54. The normalized spacial score (nSPS) is 25.6. The lowest BCUT2D eigenvalue weighted by atomic mass is 9.89. The molecule has 0 aromatic carbocycles. The van der Waals surface area contributed by atoms with Crippen LogP contribution in [0.15, 0.2) is 36.0 Å². The summed E-state index contributed by atoms with van der Waals surface area (Å²) in [5.74, 6) is -0.927.